The first-order valence-electron chi connectivity index (χ1n) is 3.06. The van der Waals surface area contributed by atoms with Crippen LogP contribution in [0.1, 0.15) is 12.8 Å². The third-order valence-electron chi connectivity index (χ3n) is 0.981. The minimum absolute atomic E-state index is 0.0474. The molecular formula is C5H9N2O4. The molecule has 0 aromatic heterocycles. The molecule has 1 amide bonds. The Hall–Kier alpha value is -1.33. The highest BCUT2D eigenvalue weighted by molar-refractivity contribution is 5.75. The number of nitrogens with zero attached hydrogens (tertiary/aromatic N) is 2. The molecule has 0 N–H and O–H groups in total. The van der Waals surface area contributed by atoms with Gasteiger partial charge in [-0.3, -0.25) is 10.1 Å². The maximum absolute atomic E-state index is 10.5. The largest absolute Gasteiger partial charge is 0.314 e. The van der Waals surface area contributed by atoms with Gasteiger partial charge in [-0.25, -0.2) is 0 Å². The van der Waals surface area contributed by atoms with Crippen molar-refractivity contribution in [2.75, 3.05) is 13.7 Å². The molecule has 0 aromatic carbocycles. The summed E-state index contributed by atoms with van der Waals surface area (Å²) in [5.74, 6) is -0.267. The van der Waals surface area contributed by atoms with Crippen molar-refractivity contribution in [2.24, 2.45) is 0 Å². The normalized spacial score (nSPS) is 8.82. The van der Waals surface area contributed by atoms with E-state index in [0.29, 0.717) is 6.42 Å². The lowest BCUT2D eigenvalue weighted by molar-refractivity contribution is -0.757. The van der Waals surface area contributed by atoms with Crippen molar-refractivity contribution >= 4 is 5.91 Å². The molecule has 0 spiro atoms. The molecule has 6 nitrogen and oxygen atoms in total. The second-order valence-corrected chi connectivity index (χ2v) is 1.78. The molecule has 0 atom stereocenters. The van der Waals surface area contributed by atoms with E-state index in [1.807, 2.05) is 0 Å². The first-order chi connectivity index (χ1) is 5.16. The number of carbonyl (C=O) groups excluding carboxylic acids is 1. The standard InChI is InChI=1S/C5H9N2O4/c1-6-5(8)3-2-4-11-7(9)10/h2-4H2,1H3. The summed E-state index contributed by atoms with van der Waals surface area (Å²) in [6.45, 7) is -0.0474. The van der Waals surface area contributed by atoms with Crippen LogP contribution in [0.2, 0.25) is 0 Å². The lowest BCUT2D eigenvalue weighted by Gasteiger charge is -1.96. The van der Waals surface area contributed by atoms with Crippen LogP contribution in [0.3, 0.4) is 0 Å². The zero-order valence-electron chi connectivity index (χ0n) is 6.15. The minimum atomic E-state index is -0.881. The third-order valence-corrected chi connectivity index (χ3v) is 0.981. The Labute approximate surface area is 63.6 Å². The van der Waals surface area contributed by atoms with Gasteiger partial charge in [0, 0.05) is 13.5 Å². The predicted molar refractivity (Wildman–Crippen MR) is 35.2 cm³/mol. The van der Waals surface area contributed by atoms with Gasteiger partial charge in [-0.2, -0.15) is 0 Å². The summed E-state index contributed by atoms with van der Waals surface area (Å²) in [7, 11) is 1.39. The van der Waals surface area contributed by atoms with Gasteiger partial charge in [-0.1, -0.05) is 0 Å². The fourth-order valence-corrected chi connectivity index (χ4v) is 0.474. The Balaban J connectivity index is 3.14. The molecule has 0 bridgehead atoms. The lowest BCUT2D eigenvalue weighted by Crippen LogP contribution is -2.11. The number of amides is 1. The molecule has 1 radical (unpaired) electrons. The van der Waals surface area contributed by atoms with Crippen LogP contribution in [-0.4, -0.2) is 24.6 Å². The van der Waals surface area contributed by atoms with Gasteiger partial charge >= 0.3 is 0 Å². The number of hydrogen-bond donors (Lipinski definition) is 0. The first-order valence-corrected chi connectivity index (χ1v) is 3.06. The lowest BCUT2D eigenvalue weighted by atomic mass is 10.3. The van der Waals surface area contributed by atoms with Crippen molar-refractivity contribution in [1.29, 1.82) is 0 Å². The van der Waals surface area contributed by atoms with E-state index in [1.165, 1.54) is 7.05 Å². The Morgan fingerprint density at radius 2 is 2.36 bits per heavy atom. The third kappa shape index (κ3) is 6.56. The number of rotatable bonds is 5. The van der Waals surface area contributed by atoms with E-state index in [2.05, 4.69) is 10.2 Å². The van der Waals surface area contributed by atoms with Gasteiger partial charge < -0.3 is 4.84 Å². The van der Waals surface area contributed by atoms with E-state index >= 15 is 0 Å². The quantitative estimate of drug-likeness (QED) is 0.316. The van der Waals surface area contributed by atoms with Gasteiger partial charge in [0.05, 0.1) is 6.61 Å². The van der Waals surface area contributed by atoms with Crippen LogP contribution in [0.15, 0.2) is 0 Å². The van der Waals surface area contributed by atoms with Crippen LogP contribution < -0.4 is 5.32 Å². The van der Waals surface area contributed by atoms with Crippen LogP contribution in [0, 0.1) is 10.1 Å². The average Bonchev–Trinajstić information content (AvgIpc) is 1.97. The molecule has 11 heavy (non-hydrogen) atoms. The van der Waals surface area contributed by atoms with Crippen molar-refractivity contribution in [3.63, 3.8) is 0 Å². The van der Waals surface area contributed by atoms with E-state index < -0.39 is 5.09 Å². The Morgan fingerprint density at radius 1 is 1.73 bits per heavy atom. The van der Waals surface area contributed by atoms with Crippen LogP contribution in [0.5, 0.6) is 0 Å². The highest BCUT2D eigenvalue weighted by Crippen LogP contribution is 1.89. The Kier molecular flexibility index (Phi) is 4.80. The van der Waals surface area contributed by atoms with Crippen LogP contribution >= 0.6 is 0 Å². The zero-order valence-corrected chi connectivity index (χ0v) is 6.15. The summed E-state index contributed by atoms with van der Waals surface area (Å²) in [5, 5.41) is 12.0. The number of carbonyl (C=O) groups is 1. The molecular weight excluding hydrogens is 152 g/mol. The van der Waals surface area contributed by atoms with Crippen LogP contribution in [0.25, 0.3) is 0 Å². The molecule has 0 aliphatic rings. The molecule has 0 rings (SSSR count). The topological polar surface area (TPSA) is 83.5 Å². The van der Waals surface area contributed by atoms with Gasteiger partial charge in [0.15, 0.2) is 0 Å². The molecule has 0 aliphatic heterocycles. The number of hydrogen-bond acceptors (Lipinski definition) is 4. The second kappa shape index (κ2) is 5.45. The van der Waals surface area contributed by atoms with Gasteiger partial charge in [-0.15, -0.1) is 10.1 Å². The molecule has 0 aliphatic carbocycles. The zero-order chi connectivity index (χ0) is 8.69. The molecule has 0 unspecified atom stereocenters. The average molecular weight is 161 g/mol. The van der Waals surface area contributed by atoms with Crippen molar-refractivity contribution in [1.82, 2.24) is 5.32 Å². The summed E-state index contributed by atoms with van der Waals surface area (Å²) in [4.78, 5) is 24.0. The minimum Gasteiger partial charge on any atom is -0.314 e. The maximum atomic E-state index is 10.5. The van der Waals surface area contributed by atoms with Crippen molar-refractivity contribution in [3.05, 3.63) is 10.1 Å². The summed E-state index contributed by atoms with van der Waals surface area (Å²) in [6.07, 6.45) is 0.529. The summed E-state index contributed by atoms with van der Waals surface area (Å²) in [6, 6.07) is 0. The van der Waals surface area contributed by atoms with Gasteiger partial charge in [0.1, 0.15) is 0 Å². The second-order valence-electron chi connectivity index (χ2n) is 1.78. The van der Waals surface area contributed by atoms with Crippen molar-refractivity contribution in [3.8, 4) is 0 Å². The molecule has 0 aromatic rings. The van der Waals surface area contributed by atoms with E-state index in [4.69, 9.17) is 0 Å². The van der Waals surface area contributed by atoms with Crippen LogP contribution in [0.4, 0.5) is 0 Å². The van der Waals surface area contributed by atoms with Crippen molar-refractivity contribution < 1.29 is 14.7 Å². The molecule has 63 valence electrons. The first kappa shape index (κ1) is 9.67. The summed E-state index contributed by atoms with van der Waals surface area (Å²) < 4.78 is 0. The fourth-order valence-electron chi connectivity index (χ4n) is 0.474. The van der Waals surface area contributed by atoms with Gasteiger partial charge in [0.2, 0.25) is 5.91 Å². The molecule has 0 saturated carbocycles. The Morgan fingerprint density at radius 3 is 2.82 bits per heavy atom. The van der Waals surface area contributed by atoms with E-state index in [1.54, 1.807) is 0 Å². The van der Waals surface area contributed by atoms with E-state index in [9.17, 15) is 14.9 Å². The summed E-state index contributed by atoms with van der Waals surface area (Å²) >= 11 is 0. The molecule has 0 fully saturated rings. The predicted octanol–water partition coefficient (Wildman–Crippen LogP) is -0.264. The molecule has 6 heteroatoms. The SMILES string of the molecule is C[N]C(=O)CCCO[N+](=O)[O-]. The van der Waals surface area contributed by atoms with Gasteiger partial charge in [0.25, 0.3) is 5.09 Å². The summed E-state index contributed by atoms with van der Waals surface area (Å²) in [5.41, 5.74) is 0. The smallest absolute Gasteiger partial charge is 0.294 e. The Bertz CT molecular complexity index is 147. The van der Waals surface area contributed by atoms with E-state index in [-0.39, 0.29) is 18.9 Å². The maximum Gasteiger partial charge on any atom is 0.294 e. The van der Waals surface area contributed by atoms with Gasteiger partial charge in [-0.05, 0) is 6.42 Å². The van der Waals surface area contributed by atoms with Crippen molar-refractivity contribution in [2.45, 2.75) is 12.8 Å². The monoisotopic (exact) mass is 161 g/mol. The molecule has 0 saturated heterocycles. The van der Waals surface area contributed by atoms with E-state index in [0.717, 1.165) is 0 Å². The highest BCUT2D eigenvalue weighted by Gasteiger charge is 1.99. The van der Waals surface area contributed by atoms with Crippen LogP contribution in [-0.2, 0) is 9.63 Å². The highest BCUT2D eigenvalue weighted by atomic mass is 16.9. The fraction of sp³-hybridized carbons (Fsp3) is 0.800. The molecule has 0 heterocycles.